The highest BCUT2D eigenvalue weighted by Gasteiger charge is 2.21. The summed E-state index contributed by atoms with van der Waals surface area (Å²) < 4.78 is 13.6. The maximum Gasteiger partial charge on any atom is 0.246 e. The number of amides is 2. The molecule has 0 bridgehead atoms. The Morgan fingerprint density at radius 3 is 2.49 bits per heavy atom. The monoisotopic (exact) mass is 562 g/mol. The van der Waals surface area contributed by atoms with Gasteiger partial charge < -0.3 is 31.1 Å². The molecule has 0 unspecified atom stereocenters. The van der Waals surface area contributed by atoms with Crippen LogP contribution in [-0.2, 0) is 16.1 Å². The molecule has 1 heterocycles. The molecule has 11 heteroatoms. The molecule has 218 valence electrons. The summed E-state index contributed by atoms with van der Waals surface area (Å²) in [5, 5.41) is 12.6. The molecule has 0 spiro atoms. The van der Waals surface area contributed by atoms with Crippen molar-refractivity contribution in [3.8, 4) is 0 Å². The van der Waals surface area contributed by atoms with Gasteiger partial charge in [-0.3, -0.25) is 9.59 Å². The quantitative estimate of drug-likeness (QED) is 0.209. The molecule has 0 aliphatic rings. The Balaban J connectivity index is 1.63. The summed E-state index contributed by atoms with van der Waals surface area (Å²) in [5.41, 5.74) is 2.79. The molecule has 2 amide bonds. The topological polar surface area (TPSA) is 115 Å². The Morgan fingerprint density at radius 1 is 1.02 bits per heavy atom. The summed E-state index contributed by atoms with van der Waals surface area (Å²) >= 11 is 0. The fourth-order valence-corrected chi connectivity index (χ4v) is 3.69. The van der Waals surface area contributed by atoms with Gasteiger partial charge in [0.2, 0.25) is 17.8 Å². The van der Waals surface area contributed by atoms with Crippen molar-refractivity contribution >= 4 is 40.6 Å². The molecule has 41 heavy (non-hydrogen) atoms. The second-order valence-corrected chi connectivity index (χ2v) is 9.84. The SMILES string of the molecule is CCCNc1nc(Nc2cccc(F)c2)ncc1CNc1cccc(NC(=O)[C@H](C)N(C)C(=O)/C=C/CN(C)C)c1. The standard InChI is InChI=1S/C30H39FN8O2/c1-6-15-32-28-22(20-34-30(37-28)36-25-12-7-10-23(31)17-25)19-33-24-11-8-13-26(18-24)35-29(41)21(2)39(5)27(40)14-9-16-38(3)4/h7-14,17-18,20-21,33H,6,15-16,19H2,1-5H3,(H,35,41)(H2,32,34,36,37)/b14-9+/t21-/m0/s1. The maximum absolute atomic E-state index is 13.6. The van der Waals surface area contributed by atoms with Crippen molar-refractivity contribution in [3.05, 3.63) is 78.3 Å². The normalized spacial score (nSPS) is 11.8. The molecule has 4 N–H and O–H groups in total. The molecule has 0 aliphatic carbocycles. The largest absolute Gasteiger partial charge is 0.381 e. The Kier molecular flexibility index (Phi) is 11.6. The van der Waals surface area contributed by atoms with Crippen LogP contribution in [0.1, 0.15) is 25.8 Å². The highest BCUT2D eigenvalue weighted by atomic mass is 19.1. The summed E-state index contributed by atoms with van der Waals surface area (Å²) in [7, 11) is 5.44. The van der Waals surface area contributed by atoms with Crippen LogP contribution in [0.2, 0.25) is 0 Å². The van der Waals surface area contributed by atoms with Gasteiger partial charge in [-0.2, -0.15) is 4.98 Å². The van der Waals surface area contributed by atoms with E-state index in [-0.39, 0.29) is 17.6 Å². The predicted molar refractivity (Wildman–Crippen MR) is 163 cm³/mol. The maximum atomic E-state index is 13.6. The lowest BCUT2D eigenvalue weighted by atomic mass is 10.2. The summed E-state index contributed by atoms with van der Waals surface area (Å²) in [6.45, 7) is 5.54. The Morgan fingerprint density at radius 2 is 1.76 bits per heavy atom. The first kappa shape index (κ1) is 31.0. The zero-order valence-corrected chi connectivity index (χ0v) is 24.2. The summed E-state index contributed by atoms with van der Waals surface area (Å²) in [6.07, 6.45) is 5.87. The van der Waals surface area contributed by atoms with Crippen molar-refractivity contribution in [2.75, 3.05) is 55.5 Å². The molecule has 0 saturated heterocycles. The van der Waals surface area contributed by atoms with Crippen molar-refractivity contribution in [2.24, 2.45) is 0 Å². The number of likely N-dealkylation sites (N-methyl/N-ethyl adjacent to an activating group) is 2. The van der Waals surface area contributed by atoms with Crippen LogP contribution >= 0.6 is 0 Å². The van der Waals surface area contributed by atoms with E-state index in [1.165, 1.54) is 23.1 Å². The lowest BCUT2D eigenvalue weighted by molar-refractivity contribution is -0.132. The minimum Gasteiger partial charge on any atom is -0.381 e. The molecule has 0 aliphatic heterocycles. The molecular weight excluding hydrogens is 523 g/mol. The van der Waals surface area contributed by atoms with E-state index >= 15 is 0 Å². The molecule has 10 nitrogen and oxygen atoms in total. The summed E-state index contributed by atoms with van der Waals surface area (Å²) in [6, 6.07) is 12.8. The first-order valence-electron chi connectivity index (χ1n) is 13.5. The van der Waals surface area contributed by atoms with Gasteiger partial charge in [-0.25, -0.2) is 9.37 Å². The lowest BCUT2D eigenvalue weighted by Gasteiger charge is -2.23. The van der Waals surface area contributed by atoms with E-state index in [4.69, 9.17) is 0 Å². The van der Waals surface area contributed by atoms with Crippen molar-refractivity contribution in [1.29, 1.82) is 0 Å². The Bertz CT molecular complexity index is 1350. The van der Waals surface area contributed by atoms with E-state index in [1.807, 2.05) is 37.2 Å². The van der Waals surface area contributed by atoms with Crippen LogP contribution in [0.15, 0.2) is 66.9 Å². The first-order valence-corrected chi connectivity index (χ1v) is 13.5. The molecule has 2 aromatic carbocycles. The van der Waals surface area contributed by atoms with E-state index in [9.17, 15) is 14.0 Å². The van der Waals surface area contributed by atoms with Gasteiger partial charge >= 0.3 is 0 Å². The number of benzene rings is 2. The van der Waals surface area contributed by atoms with Crippen LogP contribution in [-0.4, -0.2) is 71.9 Å². The van der Waals surface area contributed by atoms with Crippen molar-refractivity contribution in [3.63, 3.8) is 0 Å². The van der Waals surface area contributed by atoms with Gasteiger partial charge in [-0.1, -0.05) is 25.1 Å². The first-order chi connectivity index (χ1) is 19.7. The molecule has 0 radical (unpaired) electrons. The van der Waals surface area contributed by atoms with E-state index < -0.39 is 6.04 Å². The summed E-state index contributed by atoms with van der Waals surface area (Å²) in [4.78, 5) is 37.6. The van der Waals surface area contributed by atoms with Crippen molar-refractivity contribution < 1.29 is 14.0 Å². The number of rotatable bonds is 14. The molecular formula is C30H39FN8O2. The van der Waals surface area contributed by atoms with Gasteiger partial charge in [0.25, 0.3) is 0 Å². The van der Waals surface area contributed by atoms with Crippen LogP contribution in [0.3, 0.4) is 0 Å². The number of halogens is 1. The number of carbonyl (C=O) groups excluding carboxylic acids is 2. The van der Waals surface area contributed by atoms with Crippen LogP contribution < -0.4 is 21.3 Å². The number of aromatic nitrogens is 2. The van der Waals surface area contributed by atoms with E-state index in [2.05, 4.69) is 38.2 Å². The average molecular weight is 563 g/mol. The molecule has 1 atom stereocenters. The summed E-state index contributed by atoms with van der Waals surface area (Å²) in [5.74, 6) is 0.144. The van der Waals surface area contributed by atoms with E-state index in [0.29, 0.717) is 36.2 Å². The molecule has 0 saturated carbocycles. The second kappa shape index (κ2) is 15.3. The van der Waals surface area contributed by atoms with Gasteiger partial charge in [0, 0.05) is 61.6 Å². The third-order valence-electron chi connectivity index (χ3n) is 6.14. The fraction of sp³-hybridized carbons (Fsp3) is 0.333. The number of hydrogen-bond donors (Lipinski definition) is 4. The minimum atomic E-state index is -0.660. The number of anilines is 5. The fourth-order valence-electron chi connectivity index (χ4n) is 3.69. The van der Waals surface area contributed by atoms with Crippen molar-refractivity contribution in [2.45, 2.75) is 32.9 Å². The van der Waals surface area contributed by atoms with E-state index in [0.717, 1.165) is 24.2 Å². The molecule has 0 fully saturated rings. The van der Waals surface area contributed by atoms with Crippen LogP contribution in [0.4, 0.5) is 33.2 Å². The third kappa shape index (κ3) is 9.87. The van der Waals surface area contributed by atoms with Gasteiger partial charge in [0.1, 0.15) is 17.7 Å². The number of carbonyl (C=O) groups is 2. The van der Waals surface area contributed by atoms with Gasteiger partial charge in [0.15, 0.2) is 0 Å². The van der Waals surface area contributed by atoms with Crippen LogP contribution in [0, 0.1) is 5.82 Å². The molecule has 1 aromatic heterocycles. The highest BCUT2D eigenvalue weighted by Crippen LogP contribution is 2.21. The molecule has 3 rings (SSSR count). The zero-order valence-electron chi connectivity index (χ0n) is 24.2. The Hall–Kier alpha value is -4.51. The average Bonchev–Trinajstić information content (AvgIpc) is 2.94. The highest BCUT2D eigenvalue weighted by molar-refractivity contribution is 5.98. The van der Waals surface area contributed by atoms with Crippen LogP contribution in [0.25, 0.3) is 0 Å². The third-order valence-corrected chi connectivity index (χ3v) is 6.14. The van der Waals surface area contributed by atoms with Crippen molar-refractivity contribution in [1.82, 2.24) is 19.8 Å². The zero-order chi connectivity index (χ0) is 29.8. The van der Waals surface area contributed by atoms with E-state index in [1.54, 1.807) is 44.4 Å². The minimum absolute atomic E-state index is 0.239. The predicted octanol–water partition coefficient (Wildman–Crippen LogP) is 4.70. The Labute approximate surface area is 241 Å². The van der Waals surface area contributed by atoms with Crippen LogP contribution in [0.5, 0.6) is 0 Å². The number of hydrogen-bond acceptors (Lipinski definition) is 8. The van der Waals surface area contributed by atoms with Gasteiger partial charge in [-0.15, -0.1) is 0 Å². The number of nitrogens with zero attached hydrogens (tertiary/aromatic N) is 4. The second-order valence-electron chi connectivity index (χ2n) is 9.84. The van der Waals surface area contributed by atoms with Gasteiger partial charge in [0.05, 0.1) is 0 Å². The van der Waals surface area contributed by atoms with Gasteiger partial charge in [-0.05, 0) is 63.8 Å². The molecule has 3 aromatic rings. The smallest absolute Gasteiger partial charge is 0.246 e. The number of nitrogens with one attached hydrogen (secondary N) is 4. The lowest BCUT2D eigenvalue weighted by Crippen LogP contribution is -2.42.